The molecule has 0 amide bonds. The minimum atomic E-state index is -0.873. The number of ether oxygens (including phenoxy) is 1. The van der Waals surface area contributed by atoms with E-state index < -0.39 is 5.97 Å². The molecule has 2 saturated heterocycles. The Morgan fingerprint density at radius 3 is 2.15 bits per heavy atom. The third-order valence-corrected chi connectivity index (χ3v) is 4.31. The number of hydrogen-bond donors (Lipinski definition) is 1. The van der Waals surface area contributed by atoms with Crippen LogP contribution in [0.3, 0.4) is 0 Å². The molecule has 0 radical (unpaired) electrons. The Morgan fingerprint density at radius 1 is 1.05 bits per heavy atom. The van der Waals surface area contributed by atoms with Gasteiger partial charge in [-0.05, 0) is 19.9 Å². The van der Waals surface area contributed by atoms with Crippen molar-refractivity contribution in [2.75, 3.05) is 66.0 Å². The van der Waals surface area contributed by atoms with Crippen LogP contribution in [0.15, 0.2) is 0 Å². The number of hydrogen-bond acceptors (Lipinski definition) is 5. The quantitative estimate of drug-likeness (QED) is 0.729. The van der Waals surface area contributed by atoms with E-state index in [1.165, 1.54) is 26.2 Å². The molecule has 0 aromatic heterocycles. The highest BCUT2D eigenvalue weighted by atomic mass is 16.5. The van der Waals surface area contributed by atoms with Crippen LogP contribution in [0.4, 0.5) is 0 Å². The second-order valence-corrected chi connectivity index (χ2v) is 5.89. The molecule has 2 fully saturated rings. The molecule has 0 unspecified atom stereocenters. The summed E-state index contributed by atoms with van der Waals surface area (Å²) in [5.74, 6) is -0.873. The maximum Gasteiger partial charge on any atom is 0.329 e. The van der Waals surface area contributed by atoms with Crippen molar-refractivity contribution in [1.29, 1.82) is 0 Å². The number of likely N-dealkylation sites (N-methyl/N-ethyl adjacent to an activating group) is 1. The summed E-state index contributed by atoms with van der Waals surface area (Å²) in [5, 5.41) is 8.60. The van der Waals surface area contributed by atoms with E-state index in [1.54, 1.807) is 0 Å². The van der Waals surface area contributed by atoms with Gasteiger partial charge in [-0.15, -0.1) is 0 Å². The molecule has 1 N–H and O–H groups in total. The normalized spacial score (nSPS) is 24.1. The molecule has 0 saturated carbocycles. The first-order valence-corrected chi connectivity index (χ1v) is 7.60. The van der Waals surface area contributed by atoms with Gasteiger partial charge in [0.1, 0.15) is 6.61 Å². The van der Waals surface area contributed by atoms with Gasteiger partial charge in [-0.3, -0.25) is 4.90 Å². The third kappa shape index (κ3) is 5.36. The van der Waals surface area contributed by atoms with Crippen molar-refractivity contribution < 1.29 is 14.6 Å². The Kier molecular flexibility index (Phi) is 6.22. The lowest BCUT2D eigenvalue weighted by Crippen LogP contribution is -2.48. The zero-order valence-corrected chi connectivity index (χ0v) is 12.5. The molecule has 0 aliphatic carbocycles. The summed E-state index contributed by atoms with van der Waals surface area (Å²) >= 11 is 0. The molecule has 2 heterocycles. The SMILES string of the molecule is CN1CCN(CCN2CCC(OCC(=O)O)CC2)CC1. The summed E-state index contributed by atoms with van der Waals surface area (Å²) in [4.78, 5) is 17.8. The van der Waals surface area contributed by atoms with Crippen molar-refractivity contribution >= 4 is 5.97 Å². The molecular formula is C14H27N3O3. The van der Waals surface area contributed by atoms with Crippen LogP contribution in [0.25, 0.3) is 0 Å². The Morgan fingerprint density at radius 2 is 1.60 bits per heavy atom. The van der Waals surface area contributed by atoms with Crippen molar-refractivity contribution in [3.05, 3.63) is 0 Å². The largest absolute Gasteiger partial charge is 0.480 e. The molecule has 6 nitrogen and oxygen atoms in total. The molecule has 2 aliphatic heterocycles. The number of piperazine rings is 1. The second-order valence-electron chi connectivity index (χ2n) is 5.89. The number of carbonyl (C=O) groups is 1. The van der Waals surface area contributed by atoms with Crippen LogP contribution in [0, 0.1) is 0 Å². The van der Waals surface area contributed by atoms with Crippen LogP contribution in [-0.4, -0.2) is 97.9 Å². The summed E-state index contributed by atoms with van der Waals surface area (Å²) < 4.78 is 5.36. The fourth-order valence-corrected chi connectivity index (χ4v) is 2.84. The average Bonchev–Trinajstić information content (AvgIpc) is 2.45. The van der Waals surface area contributed by atoms with Crippen LogP contribution in [0.2, 0.25) is 0 Å². The lowest BCUT2D eigenvalue weighted by molar-refractivity contribution is -0.145. The van der Waals surface area contributed by atoms with Crippen molar-refractivity contribution in [3.63, 3.8) is 0 Å². The highest BCUT2D eigenvalue weighted by Crippen LogP contribution is 2.13. The van der Waals surface area contributed by atoms with Crippen molar-refractivity contribution in [2.45, 2.75) is 18.9 Å². The first kappa shape index (κ1) is 15.7. The molecule has 0 spiro atoms. The maximum absolute atomic E-state index is 10.5. The maximum atomic E-state index is 10.5. The van der Waals surface area contributed by atoms with Crippen molar-refractivity contribution in [1.82, 2.24) is 14.7 Å². The van der Waals surface area contributed by atoms with Crippen molar-refractivity contribution in [3.8, 4) is 0 Å². The Hall–Kier alpha value is -0.690. The third-order valence-electron chi connectivity index (χ3n) is 4.31. The summed E-state index contributed by atoms with van der Waals surface area (Å²) in [6, 6.07) is 0. The number of likely N-dealkylation sites (tertiary alicyclic amines) is 1. The highest BCUT2D eigenvalue weighted by Gasteiger charge is 2.21. The first-order valence-electron chi connectivity index (χ1n) is 7.60. The molecule has 2 aliphatic rings. The number of aliphatic carboxylic acids is 1. The zero-order chi connectivity index (χ0) is 14.4. The fourth-order valence-electron chi connectivity index (χ4n) is 2.84. The van der Waals surface area contributed by atoms with Gasteiger partial charge in [0.15, 0.2) is 0 Å². The monoisotopic (exact) mass is 285 g/mol. The van der Waals surface area contributed by atoms with Gasteiger partial charge in [0, 0.05) is 52.4 Å². The topological polar surface area (TPSA) is 56.2 Å². The van der Waals surface area contributed by atoms with Crippen LogP contribution >= 0.6 is 0 Å². The molecule has 0 aromatic rings. The Labute approximate surface area is 121 Å². The van der Waals surface area contributed by atoms with E-state index in [0.29, 0.717) is 0 Å². The summed E-state index contributed by atoms with van der Waals surface area (Å²) in [5.41, 5.74) is 0. The molecule has 0 atom stereocenters. The zero-order valence-electron chi connectivity index (χ0n) is 12.5. The van der Waals surface area contributed by atoms with Gasteiger partial charge in [0.2, 0.25) is 0 Å². The number of carboxylic acid groups (broad SMARTS) is 1. The van der Waals surface area contributed by atoms with Gasteiger partial charge in [-0.1, -0.05) is 0 Å². The number of carboxylic acids is 1. The highest BCUT2D eigenvalue weighted by molar-refractivity contribution is 5.68. The van der Waals surface area contributed by atoms with Crippen LogP contribution in [-0.2, 0) is 9.53 Å². The average molecular weight is 285 g/mol. The number of rotatable bonds is 6. The fraction of sp³-hybridized carbons (Fsp3) is 0.929. The summed E-state index contributed by atoms with van der Waals surface area (Å²) in [7, 11) is 2.18. The van der Waals surface area contributed by atoms with Gasteiger partial charge in [0.05, 0.1) is 6.10 Å². The van der Waals surface area contributed by atoms with E-state index in [4.69, 9.17) is 9.84 Å². The van der Waals surface area contributed by atoms with Crippen molar-refractivity contribution in [2.24, 2.45) is 0 Å². The summed E-state index contributed by atoms with van der Waals surface area (Å²) in [6.07, 6.45) is 2.04. The van der Waals surface area contributed by atoms with E-state index in [2.05, 4.69) is 21.7 Å². The predicted octanol–water partition coefficient (Wildman–Crippen LogP) is -0.201. The van der Waals surface area contributed by atoms with Gasteiger partial charge in [0.25, 0.3) is 0 Å². The van der Waals surface area contributed by atoms with Crippen LogP contribution < -0.4 is 0 Å². The smallest absolute Gasteiger partial charge is 0.329 e. The van der Waals surface area contributed by atoms with Gasteiger partial charge >= 0.3 is 5.97 Å². The van der Waals surface area contributed by atoms with Gasteiger partial charge in [-0.2, -0.15) is 0 Å². The second kappa shape index (κ2) is 7.93. The Balaban J connectivity index is 1.56. The van der Waals surface area contributed by atoms with Gasteiger partial charge < -0.3 is 19.6 Å². The van der Waals surface area contributed by atoms with Gasteiger partial charge in [-0.25, -0.2) is 4.79 Å². The molecule has 0 aromatic carbocycles. The molecule has 20 heavy (non-hydrogen) atoms. The number of nitrogens with zero attached hydrogens (tertiary/aromatic N) is 3. The Bertz CT molecular complexity index is 298. The molecular weight excluding hydrogens is 258 g/mol. The standard InChI is InChI=1S/C14H27N3O3/c1-15-6-8-17(9-7-15)11-10-16-4-2-13(3-5-16)20-12-14(18)19/h13H,2-12H2,1H3,(H,18,19). The lowest BCUT2D eigenvalue weighted by Gasteiger charge is -2.36. The minimum Gasteiger partial charge on any atom is -0.480 e. The lowest BCUT2D eigenvalue weighted by atomic mass is 10.1. The van der Waals surface area contributed by atoms with E-state index in [-0.39, 0.29) is 12.7 Å². The minimum absolute atomic E-state index is 0.131. The molecule has 6 heteroatoms. The van der Waals surface area contributed by atoms with E-state index in [9.17, 15) is 4.79 Å². The van der Waals surface area contributed by atoms with Crippen LogP contribution in [0.1, 0.15) is 12.8 Å². The molecule has 0 bridgehead atoms. The summed E-state index contributed by atoms with van der Waals surface area (Å²) in [6.45, 7) is 8.85. The number of piperidine rings is 1. The van der Waals surface area contributed by atoms with Crippen LogP contribution in [0.5, 0.6) is 0 Å². The predicted molar refractivity (Wildman–Crippen MR) is 77.0 cm³/mol. The first-order chi connectivity index (χ1) is 9.63. The molecule has 116 valence electrons. The van der Waals surface area contributed by atoms with E-state index in [1.807, 2.05) is 0 Å². The van der Waals surface area contributed by atoms with E-state index >= 15 is 0 Å². The molecule has 2 rings (SSSR count). The van der Waals surface area contributed by atoms with E-state index in [0.717, 1.165) is 39.0 Å².